The summed E-state index contributed by atoms with van der Waals surface area (Å²) < 4.78 is 23.5. The number of carboxylic acids is 1. The monoisotopic (exact) mass is 317 g/mol. The first kappa shape index (κ1) is 16.3. The van der Waals surface area contributed by atoms with Gasteiger partial charge in [0.05, 0.1) is 24.0 Å². The van der Waals surface area contributed by atoms with Crippen LogP contribution >= 0.6 is 0 Å². The van der Waals surface area contributed by atoms with Crippen molar-refractivity contribution in [2.75, 3.05) is 18.1 Å². The lowest BCUT2D eigenvalue weighted by molar-refractivity contribution is -0.146. The Labute approximate surface area is 125 Å². The minimum atomic E-state index is -3.25. The largest absolute Gasteiger partial charge is 0.481 e. The topological polar surface area (TPSA) is 91.8 Å². The first-order chi connectivity index (χ1) is 9.80. The van der Waals surface area contributed by atoms with Crippen LogP contribution < -0.4 is 0 Å². The Balaban J connectivity index is 2.22. The summed E-state index contributed by atoms with van der Waals surface area (Å²) in [5.74, 6) is -1.39. The average Bonchev–Trinajstić information content (AvgIpc) is 2.86. The van der Waals surface area contributed by atoms with Crippen LogP contribution in [-0.4, -0.2) is 54.4 Å². The highest BCUT2D eigenvalue weighted by atomic mass is 32.2. The molecular formula is C14H23NO5S. The lowest BCUT2D eigenvalue weighted by Gasteiger charge is -2.40. The molecular weight excluding hydrogens is 294 g/mol. The fourth-order valence-corrected chi connectivity index (χ4v) is 5.13. The molecule has 1 atom stereocenters. The Bertz CT molecular complexity index is 521. The molecule has 2 rings (SSSR count). The number of carbonyl (C=O) groups is 2. The molecule has 1 unspecified atom stereocenters. The van der Waals surface area contributed by atoms with Crippen molar-refractivity contribution in [2.24, 2.45) is 5.41 Å². The highest BCUT2D eigenvalue weighted by Gasteiger charge is 2.46. The lowest BCUT2D eigenvalue weighted by Crippen LogP contribution is -2.55. The molecule has 0 radical (unpaired) electrons. The van der Waals surface area contributed by atoms with Crippen LogP contribution in [-0.2, 0) is 19.4 Å². The van der Waals surface area contributed by atoms with Crippen molar-refractivity contribution >= 4 is 21.7 Å². The van der Waals surface area contributed by atoms with Crippen molar-refractivity contribution in [3.63, 3.8) is 0 Å². The maximum Gasteiger partial charge on any atom is 0.305 e. The van der Waals surface area contributed by atoms with Gasteiger partial charge in [0.25, 0.3) is 0 Å². The van der Waals surface area contributed by atoms with Gasteiger partial charge < -0.3 is 10.0 Å². The van der Waals surface area contributed by atoms with Crippen molar-refractivity contribution in [1.29, 1.82) is 0 Å². The Hall–Kier alpha value is -1.11. The molecule has 1 saturated heterocycles. The van der Waals surface area contributed by atoms with Crippen LogP contribution in [0, 0.1) is 5.41 Å². The van der Waals surface area contributed by atoms with Gasteiger partial charge in [0.15, 0.2) is 9.84 Å². The van der Waals surface area contributed by atoms with Gasteiger partial charge in [-0.2, -0.15) is 0 Å². The molecule has 1 aliphatic heterocycles. The highest BCUT2D eigenvalue weighted by Crippen LogP contribution is 2.43. The Morgan fingerprint density at radius 2 is 1.90 bits per heavy atom. The second kappa shape index (κ2) is 5.94. The summed E-state index contributed by atoms with van der Waals surface area (Å²) in [6.45, 7) is 2.11. The summed E-state index contributed by atoms with van der Waals surface area (Å²) in [6.07, 6.45) is 4.10. The summed E-state index contributed by atoms with van der Waals surface area (Å²) in [5, 5.41) is 8.99. The lowest BCUT2D eigenvalue weighted by atomic mass is 9.81. The smallest absolute Gasteiger partial charge is 0.305 e. The standard InChI is InChI=1S/C14H23NO5S/c1-2-14(5-3-4-6-14)13(18)15-7-8-21(19,20)10-11(15)9-12(16)17/h11H,2-10H2,1H3,(H,16,17). The molecule has 21 heavy (non-hydrogen) atoms. The number of nitrogens with zero attached hydrogens (tertiary/aromatic N) is 1. The predicted molar refractivity (Wildman–Crippen MR) is 77.6 cm³/mol. The second-order valence-corrected chi connectivity index (χ2v) is 8.43. The summed E-state index contributed by atoms with van der Waals surface area (Å²) in [4.78, 5) is 25.4. The van der Waals surface area contributed by atoms with Gasteiger partial charge in [0.2, 0.25) is 5.91 Å². The molecule has 2 fully saturated rings. The van der Waals surface area contributed by atoms with E-state index in [-0.39, 0.29) is 30.4 Å². The van der Waals surface area contributed by atoms with Crippen molar-refractivity contribution in [3.05, 3.63) is 0 Å². The first-order valence-corrected chi connectivity index (χ1v) is 9.35. The zero-order valence-electron chi connectivity index (χ0n) is 12.4. The minimum Gasteiger partial charge on any atom is -0.481 e. The molecule has 2 aliphatic rings. The molecule has 6 nitrogen and oxygen atoms in total. The van der Waals surface area contributed by atoms with Crippen molar-refractivity contribution < 1.29 is 23.1 Å². The fourth-order valence-electron chi connectivity index (χ4n) is 3.60. The number of carbonyl (C=O) groups excluding carboxylic acids is 1. The molecule has 0 aromatic heterocycles. The molecule has 0 aromatic rings. The molecule has 120 valence electrons. The van der Waals surface area contributed by atoms with E-state index in [4.69, 9.17) is 5.11 Å². The van der Waals surface area contributed by atoms with Gasteiger partial charge in [0.1, 0.15) is 0 Å². The van der Waals surface area contributed by atoms with Gasteiger partial charge in [-0.25, -0.2) is 8.42 Å². The number of carboxylic acid groups (broad SMARTS) is 1. The van der Waals surface area contributed by atoms with Gasteiger partial charge in [0, 0.05) is 12.0 Å². The van der Waals surface area contributed by atoms with E-state index in [1.54, 1.807) is 0 Å². The molecule has 0 spiro atoms. The van der Waals surface area contributed by atoms with Crippen molar-refractivity contribution in [1.82, 2.24) is 4.90 Å². The third-order valence-electron chi connectivity index (χ3n) is 4.89. The number of hydrogen-bond donors (Lipinski definition) is 1. The van der Waals surface area contributed by atoms with E-state index >= 15 is 0 Å². The van der Waals surface area contributed by atoms with E-state index in [0.29, 0.717) is 0 Å². The quantitative estimate of drug-likeness (QED) is 0.837. The molecule has 1 amide bonds. The van der Waals surface area contributed by atoms with E-state index in [2.05, 4.69) is 0 Å². The minimum absolute atomic E-state index is 0.0383. The van der Waals surface area contributed by atoms with E-state index in [0.717, 1.165) is 32.1 Å². The molecule has 1 N–H and O–H groups in total. The highest BCUT2D eigenvalue weighted by molar-refractivity contribution is 7.91. The van der Waals surface area contributed by atoms with Gasteiger partial charge in [-0.1, -0.05) is 19.8 Å². The maximum atomic E-state index is 12.9. The van der Waals surface area contributed by atoms with Crippen LogP contribution in [0.3, 0.4) is 0 Å². The Morgan fingerprint density at radius 3 is 2.43 bits per heavy atom. The van der Waals surface area contributed by atoms with Crippen LogP contribution in [0.15, 0.2) is 0 Å². The van der Waals surface area contributed by atoms with Crippen LogP contribution in [0.2, 0.25) is 0 Å². The number of amides is 1. The molecule has 0 aromatic carbocycles. The van der Waals surface area contributed by atoms with Crippen molar-refractivity contribution in [2.45, 2.75) is 51.5 Å². The van der Waals surface area contributed by atoms with Gasteiger partial charge in [-0.05, 0) is 19.3 Å². The third kappa shape index (κ3) is 3.39. The summed E-state index contributed by atoms with van der Waals surface area (Å²) in [5.41, 5.74) is -0.405. The number of hydrogen-bond acceptors (Lipinski definition) is 4. The number of rotatable bonds is 4. The summed E-state index contributed by atoms with van der Waals surface area (Å²) in [6, 6.07) is -0.724. The Morgan fingerprint density at radius 1 is 1.29 bits per heavy atom. The average molecular weight is 317 g/mol. The van der Waals surface area contributed by atoms with Crippen LogP contribution in [0.1, 0.15) is 45.4 Å². The molecule has 1 saturated carbocycles. The zero-order valence-corrected chi connectivity index (χ0v) is 13.2. The normalized spacial score (nSPS) is 27.5. The second-order valence-electron chi connectivity index (χ2n) is 6.21. The van der Waals surface area contributed by atoms with Crippen LogP contribution in [0.4, 0.5) is 0 Å². The molecule has 1 aliphatic carbocycles. The van der Waals surface area contributed by atoms with E-state index in [1.807, 2.05) is 6.92 Å². The number of sulfone groups is 1. The van der Waals surface area contributed by atoms with Gasteiger partial charge in [-0.3, -0.25) is 9.59 Å². The third-order valence-corrected chi connectivity index (χ3v) is 6.59. The Kier molecular flexibility index (Phi) is 4.60. The predicted octanol–water partition coefficient (Wildman–Crippen LogP) is 1.06. The van der Waals surface area contributed by atoms with Crippen molar-refractivity contribution in [3.8, 4) is 0 Å². The molecule has 0 bridgehead atoms. The maximum absolute atomic E-state index is 12.9. The van der Waals surface area contributed by atoms with Gasteiger partial charge in [-0.15, -0.1) is 0 Å². The summed E-state index contributed by atoms with van der Waals surface area (Å²) in [7, 11) is -3.25. The fraction of sp³-hybridized carbons (Fsp3) is 0.857. The molecule has 1 heterocycles. The van der Waals surface area contributed by atoms with E-state index < -0.39 is 27.3 Å². The summed E-state index contributed by atoms with van der Waals surface area (Å²) >= 11 is 0. The van der Waals surface area contributed by atoms with Crippen LogP contribution in [0.5, 0.6) is 0 Å². The first-order valence-electron chi connectivity index (χ1n) is 7.53. The van der Waals surface area contributed by atoms with Gasteiger partial charge >= 0.3 is 5.97 Å². The van der Waals surface area contributed by atoms with E-state index in [1.165, 1.54) is 4.90 Å². The van der Waals surface area contributed by atoms with E-state index in [9.17, 15) is 18.0 Å². The SMILES string of the molecule is CCC1(C(=O)N2CCS(=O)(=O)CC2CC(=O)O)CCCC1. The molecule has 7 heteroatoms. The van der Waals surface area contributed by atoms with Crippen LogP contribution in [0.25, 0.3) is 0 Å². The number of aliphatic carboxylic acids is 1. The zero-order chi connectivity index (χ0) is 15.7.